The Morgan fingerprint density at radius 1 is 1.09 bits per heavy atom. The standard InChI is InChI=1S/C22H26ClN3O6S/c1-15(22(28)24-11-17-6-9-19-20(10-17)32-14-31-19)26(12-16-4-7-18(23)8-5-16)21(27)13-25(2)33(3,29)30/h4-10,15H,11-14H2,1-3H3,(H,24,28)/t15-/m1/s1. The fourth-order valence-electron chi connectivity index (χ4n) is 3.16. The van der Waals surface area contributed by atoms with Gasteiger partial charge < -0.3 is 19.7 Å². The van der Waals surface area contributed by atoms with E-state index in [9.17, 15) is 18.0 Å². The maximum Gasteiger partial charge on any atom is 0.242 e. The first-order valence-corrected chi connectivity index (χ1v) is 12.4. The molecule has 0 unspecified atom stereocenters. The molecule has 33 heavy (non-hydrogen) atoms. The van der Waals surface area contributed by atoms with Crippen LogP contribution in [0.4, 0.5) is 0 Å². The Hall–Kier alpha value is -2.82. The fraction of sp³-hybridized carbons (Fsp3) is 0.364. The Morgan fingerprint density at radius 2 is 1.73 bits per heavy atom. The lowest BCUT2D eigenvalue weighted by Crippen LogP contribution is -2.50. The molecule has 2 aromatic carbocycles. The van der Waals surface area contributed by atoms with Crippen molar-refractivity contribution in [1.82, 2.24) is 14.5 Å². The van der Waals surface area contributed by atoms with Crippen molar-refractivity contribution in [3.8, 4) is 11.5 Å². The molecular weight excluding hydrogens is 470 g/mol. The normalized spacial score (nSPS) is 13.6. The van der Waals surface area contributed by atoms with Gasteiger partial charge in [-0.2, -0.15) is 4.31 Å². The van der Waals surface area contributed by atoms with E-state index in [0.717, 1.165) is 21.7 Å². The van der Waals surface area contributed by atoms with Crippen LogP contribution < -0.4 is 14.8 Å². The number of rotatable bonds is 9. The molecule has 1 atom stereocenters. The minimum Gasteiger partial charge on any atom is -0.454 e. The summed E-state index contributed by atoms with van der Waals surface area (Å²) >= 11 is 5.94. The molecule has 2 amide bonds. The van der Waals surface area contributed by atoms with E-state index in [-0.39, 0.29) is 32.3 Å². The minimum absolute atomic E-state index is 0.117. The highest BCUT2D eigenvalue weighted by atomic mass is 35.5. The van der Waals surface area contributed by atoms with Crippen molar-refractivity contribution < 1.29 is 27.5 Å². The summed E-state index contributed by atoms with van der Waals surface area (Å²) in [6, 6.07) is 11.4. The number of hydrogen-bond acceptors (Lipinski definition) is 6. The highest BCUT2D eigenvalue weighted by molar-refractivity contribution is 7.88. The highest BCUT2D eigenvalue weighted by Gasteiger charge is 2.28. The third-order valence-corrected chi connectivity index (χ3v) is 6.77. The zero-order valence-corrected chi connectivity index (χ0v) is 20.1. The number of nitrogens with zero attached hydrogens (tertiary/aromatic N) is 2. The summed E-state index contributed by atoms with van der Waals surface area (Å²) in [4.78, 5) is 27.3. The second-order valence-corrected chi connectivity index (χ2v) is 10.3. The van der Waals surface area contributed by atoms with Crippen molar-refractivity contribution in [2.24, 2.45) is 0 Å². The molecule has 1 heterocycles. The first kappa shape index (κ1) is 24.8. The van der Waals surface area contributed by atoms with Crippen LogP contribution in [0.25, 0.3) is 0 Å². The average molecular weight is 496 g/mol. The van der Waals surface area contributed by atoms with Gasteiger partial charge >= 0.3 is 0 Å². The van der Waals surface area contributed by atoms with Gasteiger partial charge in [-0.05, 0) is 42.3 Å². The second kappa shape index (κ2) is 10.4. The number of fused-ring (bicyclic) bond motifs is 1. The predicted molar refractivity (Wildman–Crippen MR) is 123 cm³/mol. The number of halogens is 1. The van der Waals surface area contributed by atoms with Crippen molar-refractivity contribution in [1.29, 1.82) is 0 Å². The van der Waals surface area contributed by atoms with Gasteiger partial charge in [0.25, 0.3) is 0 Å². The molecule has 0 bridgehead atoms. The first-order valence-electron chi connectivity index (χ1n) is 10.2. The number of carbonyl (C=O) groups is 2. The van der Waals surface area contributed by atoms with Gasteiger partial charge in [0, 0.05) is 25.2 Å². The smallest absolute Gasteiger partial charge is 0.242 e. The topological polar surface area (TPSA) is 105 Å². The monoisotopic (exact) mass is 495 g/mol. The molecule has 11 heteroatoms. The number of hydrogen-bond donors (Lipinski definition) is 1. The van der Waals surface area contributed by atoms with Gasteiger partial charge in [0.1, 0.15) is 6.04 Å². The van der Waals surface area contributed by atoms with Crippen LogP contribution in [0, 0.1) is 0 Å². The summed E-state index contributed by atoms with van der Waals surface area (Å²) in [7, 11) is -2.24. The number of benzene rings is 2. The minimum atomic E-state index is -3.56. The van der Waals surface area contributed by atoms with Crippen LogP contribution in [0.5, 0.6) is 11.5 Å². The molecule has 0 spiro atoms. The van der Waals surface area contributed by atoms with E-state index in [4.69, 9.17) is 21.1 Å². The Morgan fingerprint density at radius 3 is 2.39 bits per heavy atom. The van der Waals surface area contributed by atoms with E-state index in [0.29, 0.717) is 16.5 Å². The summed E-state index contributed by atoms with van der Waals surface area (Å²) in [6.07, 6.45) is 1.02. The zero-order valence-electron chi connectivity index (χ0n) is 18.6. The van der Waals surface area contributed by atoms with Crippen LogP contribution in [-0.4, -0.2) is 62.1 Å². The van der Waals surface area contributed by atoms with Gasteiger partial charge in [-0.1, -0.05) is 29.8 Å². The molecule has 0 fully saturated rings. The van der Waals surface area contributed by atoms with Gasteiger partial charge in [-0.15, -0.1) is 0 Å². The largest absolute Gasteiger partial charge is 0.454 e. The average Bonchev–Trinajstić information content (AvgIpc) is 3.23. The van der Waals surface area contributed by atoms with Crippen molar-refractivity contribution >= 4 is 33.4 Å². The van der Waals surface area contributed by atoms with Crippen molar-refractivity contribution in [2.75, 3.05) is 26.6 Å². The third kappa shape index (κ3) is 6.59. The molecule has 1 aliphatic heterocycles. The summed E-state index contributed by atoms with van der Waals surface area (Å²) in [5.74, 6) is 0.381. The van der Waals surface area contributed by atoms with Crippen LogP contribution in [0.3, 0.4) is 0 Å². The predicted octanol–water partition coefficient (Wildman–Crippen LogP) is 1.99. The zero-order chi connectivity index (χ0) is 24.2. The molecule has 0 saturated heterocycles. The van der Waals surface area contributed by atoms with E-state index in [1.165, 1.54) is 11.9 Å². The number of nitrogens with one attached hydrogen (secondary N) is 1. The Kier molecular flexibility index (Phi) is 7.83. The highest BCUT2D eigenvalue weighted by Crippen LogP contribution is 2.32. The van der Waals surface area contributed by atoms with E-state index < -0.39 is 22.0 Å². The van der Waals surface area contributed by atoms with E-state index in [1.807, 2.05) is 6.07 Å². The lowest BCUT2D eigenvalue weighted by molar-refractivity contribution is -0.140. The molecule has 178 valence electrons. The fourth-order valence-corrected chi connectivity index (χ4v) is 3.63. The molecule has 1 N–H and O–H groups in total. The van der Waals surface area contributed by atoms with Crippen molar-refractivity contribution in [3.63, 3.8) is 0 Å². The maximum atomic E-state index is 13.0. The first-order chi connectivity index (χ1) is 15.5. The number of carbonyl (C=O) groups excluding carboxylic acids is 2. The van der Waals surface area contributed by atoms with Gasteiger partial charge in [0.15, 0.2) is 11.5 Å². The molecule has 2 aromatic rings. The Balaban J connectivity index is 1.72. The molecule has 0 aliphatic carbocycles. The lowest BCUT2D eigenvalue weighted by Gasteiger charge is -2.30. The summed E-state index contributed by atoms with van der Waals surface area (Å²) in [5, 5.41) is 3.37. The van der Waals surface area contributed by atoms with E-state index in [1.54, 1.807) is 43.3 Å². The lowest BCUT2D eigenvalue weighted by atomic mass is 10.1. The van der Waals surface area contributed by atoms with Crippen LogP contribution >= 0.6 is 11.6 Å². The van der Waals surface area contributed by atoms with Crippen LogP contribution in [0.2, 0.25) is 5.02 Å². The van der Waals surface area contributed by atoms with Crippen LogP contribution in [0.15, 0.2) is 42.5 Å². The van der Waals surface area contributed by atoms with Gasteiger partial charge in [0.2, 0.25) is 28.6 Å². The van der Waals surface area contributed by atoms with Crippen molar-refractivity contribution in [2.45, 2.75) is 26.1 Å². The van der Waals surface area contributed by atoms with Gasteiger partial charge in [-0.3, -0.25) is 9.59 Å². The Bertz CT molecular complexity index is 1120. The van der Waals surface area contributed by atoms with Crippen molar-refractivity contribution in [3.05, 3.63) is 58.6 Å². The third-order valence-electron chi connectivity index (χ3n) is 5.26. The maximum absolute atomic E-state index is 13.0. The van der Waals surface area contributed by atoms with Crippen LogP contribution in [0.1, 0.15) is 18.1 Å². The summed E-state index contributed by atoms with van der Waals surface area (Å²) < 4.78 is 35.1. The molecule has 0 radical (unpaired) electrons. The second-order valence-electron chi connectivity index (χ2n) is 7.75. The summed E-state index contributed by atoms with van der Waals surface area (Å²) in [6.45, 7) is 1.72. The molecule has 0 saturated carbocycles. The number of likely N-dealkylation sites (N-methyl/N-ethyl adjacent to an activating group) is 1. The molecular formula is C22H26ClN3O6S. The molecule has 1 aliphatic rings. The SMILES string of the molecule is C[C@H](C(=O)NCc1ccc2c(c1)OCO2)N(Cc1ccc(Cl)cc1)C(=O)CN(C)S(C)(=O)=O. The van der Waals surface area contributed by atoms with Gasteiger partial charge in [0.05, 0.1) is 12.8 Å². The number of amides is 2. The molecule has 0 aromatic heterocycles. The van der Waals surface area contributed by atoms with E-state index >= 15 is 0 Å². The quantitative estimate of drug-likeness (QED) is 0.570. The van der Waals surface area contributed by atoms with E-state index in [2.05, 4.69) is 5.32 Å². The summed E-state index contributed by atoms with van der Waals surface area (Å²) in [5.41, 5.74) is 1.57. The molecule has 3 rings (SSSR count). The Labute approximate surface area is 198 Å². The number of ether oxygens (including phenoxy) is 2. The molecule has 9 nitrogen and oxygen atoms in total. The van der Waals surface area contributed by atoms with Crippen LogP contribution in [-0.2, 0) is 32.7 Å². The van der Waals surface area contributed by atoms with Gasteiger partial charge in [-0.25, -0.2) is 8.42 Å². The number of sulfonamides is 1.